The molecule has 1 saturated heterocycles. The summed E-state index contributed by atoms with van der Waals surface area (Å²) in [5.41, 5.74) is 0. The lowest BCUT2D eigenvalue weighted by Crippen LogP contribution is -2.47. The Morgan fingerprint density at radius 1 is 1.46 bits per heavy atom. The van der Waals surface area contributed by atoms with E-state index in [4.69, 9.17) is 0 Å². The summed E-state index contributed by atoms with van der Waals surface area (Å²) >= 11 is 0. The summed E-state index contributed by atoms with van der Waals surface area (Å²) in [6, 6.07) is -0.0255. The van der Waals surface area contributed by atoms with E-state index in [0.29, 0.717) is 31.4 Å². The second-order valence-electron chi connectivity index (χ2n) is 6.93. The normalized spacial score (nSPS) is 17.9. The number of anilines is 1. The maximum Gasteiger partial charge on any atom is 0.317 e. The molecule has 2 heterocycles. The number of carbonyl (C=O) groups excluding carboxylic acids is 2. The second kappa shape index (κ2) is 8.12. The first kappa shape index (κ1) is 18.2. The highest BCUT2D eigenvalue weighted by Crippen LogP contribution is 2.21. The van der Waals surface area contributed by atoms with Crippen LogP contribution in [0.4, 0.5) is 10.7 Å². The summed E-state index contributed by atoms with van der Waals surface area (Å²) in [4.78, 5) is 28.0. The van der Waals surface area contributed by atoms with Gasteiger partial charge in [0.1, 0.15) is 6.33 Å². The van der Waals surface area contributed by atoms with Gasteiger partial charge in [0.15, 0.2) is 0 Å². The van der Waals surface area contributed by atoms with Crippen LogP contribution in [-0.4, -0.2) is 58.3 Å². The smallest absolute Gasteiger partial charge is 0.317 e. The van der Waals surface area contributed by atoms with Crippen molar-refractivity contribution in [1.29, 1.82) is 0 Å². The van der Waals surface area contributed by atoms with Crippen LogP contribution in [0.15, 0.2) is 6.33 Å². The molecular weight excluding hydrogens is 308 g/mol. The van der Waals surface area contributed by atoms with Crippen molar-refractivity contribution in [2.75, 3.05) is 31.6 Å². The molecule has 8 nitrogen and oxygen atoms in total. The van der Waals surface area contributed by atoms with Gasteiger partial charge < -0.3 is 14.8 Å². The molecule has 1 N–H and O–H groups in total. The van der Waals surface area contributed by atoms with Crippen molar-refractivity contribution in [1.82, 2.24) is 25.0 Å². The fourth-order valence-corrected chi connectivity index (χ4v) is 2.90. The number of hydrogen-bond acceptors (Lipinski definition) is 4. The van der Waals surface area contributed by atoms with Gasteiger partial charge in [-0.2, -0.15) is 0 Å². The average Bonchev–Trinajstić information content (AvgIpc) is 2.98. The first-order chi connectivity index (χ1) is 11.4. The van der Waals surface area contributed by atoms with E-state index in [2.05, 4.69) is 29.4 Å². The van der Waals surface area contributed by atoms with Crippen LogP contribution in [0.3, 0.4) is 0 Å². The summed E-state index contributed by atoms with van der Waals surface area (Å²) < 4.78 is 1.71. The van der Waals surface area contributed by atoms with Gasteiger partial charge in [-0.05, 0) is 24.7 Å². The minimum Gasteiger partial charge on any atom is -0.338 e. The van der Waals surface area contributed by atoms with Gasteiger partial charge in [0.05, 0.1) is 0 Å². The Bertz CT molecular complexity index is 571. The number of piperidine rings is 1. The van der Waals surface area contributed by atoms with Crippen LogP contribution in [0.25, 0.3) is 0 Å². The molecular formula is C16H28N6O2. The number of nitrogens with zero attached hydrogens (tertiary/aromatic N) is 5. The van der Waals surface area contributed by atoms with E-state index in [1.54, 1.807) is 25.0 Å². The van der Waals surface area contributed by atoms with E-state index in [9.17, 15) is 9.59 Å². The van der Waals surface area contributed by atoms with Crippen LogP contribution in [-0.2, 0) is 11.8 Å². The number of rotatable bonds is 5. The summed E-state index contributed by atoms with van der Waals surface area (Å²) in [6.45, 7) is 6.20. The zero-order valence-corrected chi connectivity index (χ0v) is 15.0. The van der Waals surface area contributed by atoms with Gasteiger partial charge >= 0.3 is 6.03 Å². The molecule has 0 spiro atoms. The van der Waals surface area contributed by atoms with Gasteiger partial charge in [-0.1, -0.05) is 13.8 Å². The van der Waals surface area contributed by atoms with Gasteiger partial charge in [-0.25, -0.2) is 4.79 Å². The zero-order valence-electron chi connectivity index (χ0n) is 15.0. The first-order valence-electron chi connectivity index (χ1n) is 8.51. The number of carbonyl (C=O) groups is 2. The zero-order chi connectivity index (χ0) is 17.7. The topological polar surface area (TPSA) is 83.4 Å². The molecule has 1 aliphatic rings. The molecule has 0 aromatic carbocycles. The molecule has 2 rings (SSSR count). The summed E-state index contributed by atoms with van der Waals surface area (Å²) in [7, 11) is 3.52. The number of aromatic nitrogens is 3. The maximum atomic E-state index is 12.5. The lowest BCUT2D eigenvalue weighted by molar-refractivity contribution is -0.119. The Hall–Kier alpha value is -2.12. The molecule has 3 amide bonds. The molecule has 1 fully saturated rings. The predicted octanol–water partition coefficient (Wildman–Crippen LogP) is 1.25. The standard InChI is InChI=1S/C16H28N6O2/c1-12(2)9-17-16(24)22-7-5-6-13(10-22)8-14(23)21(4)15-19-18-11-20(15)3/h11-13H,5-10H2,1-4H3,(H,17,24)/t13-/m0/s1. The SMILES string of the molecule is CC(C)CNC(=O)N1CCC[C@@H](CC(=O)N(C)c2nncn2C)C1. The van der Waals surface area contributed by atoms with Crippen molar-refractivity contribution in [2.45, 2.75) is 33.1 Å². The number of aryl methyl sites for hydroxylation is 1. The molecule has 0 bridgehead atoms. The molecule has 8 heteroatoms. The molecule has 0 radical (unpaired) electrons. The van der Waals surface area contributed by atoms with Crippen LogP contribution in [0.1, 0.15) is 33.1 Å². The van der Waals surface area contributed by atoms with E-state index in [1.807, 2.05) is 4.90 Å². The predicted molar refractivity (Wildman–Crippen MR) is 91.6 cm³/mol. The highest BCUT2D eigenvalue weighted by Gasteiger charge is 2.27. The van der Waals surface area contributed by atoms with Crippen molar-refractivity contribution in [3.05, 3.63) is 6.33 Å². The van der Waals surface area contributed by atoms with Crippen molar-refractivity contribution >= 4 is 17.9 Å². The van der Waals surface area contributed by atoms with E-state index < -0.39 is 0 Å². The highest BCUT2D eigenvalue weighted by molar-refractivity contribution is 5.91. The van der Waals surface area contributed by atoms with Crippen LogP contribution >= 0.6 is 0 Å². The lowest BCUT2D eigenvalue weighted by Gasteiger charge is -2.33. The van der Waals surface area contributed by atoms with Gasteiger partial charge in [-0.15, -0.1) is 10.2 Å². The quantitative estimate of drug-likeness (QED) is 0.877. The van der Waals surface area contributed by atoms with E-state index >= 15 is 0 Å². The van der Waals surface area contributed by atoms with Crippen LogP contribution in [0, 0.1) is 11.8 Å². The Balaban J connectivity index is 1.87. The molecule has 24 heavy (non-hydrogen) atoms. The van der Waals surface area contributed by atoms with Crippen molar-refractivity contribution in [3.8, 4) is 0 Å². The Kier molecular flexibility index (Phi) is 6.16. The lowest BCUT2D eigenvalue weighted by atomic mass is 9.94. The highest BCUT2D eigenvalue weighted by atomic mass is 16.2. The van der Waals surface area contributed by atoms with Gasteiger partial charge in [0, 0.05) is 40.2 Å². The van der Waals surface area contributed by atoms with Crippen LogP contribution < -0.4 is 10.2 Å². The van der Waals surface area contributed by atoms with Crippen LogP contribution in [0.2, 0.25) is 0 Å². The Morgan fingerprint density at radius 2 is 2.21 bits per heavy atom. The van der Waals surface area contributed by atoms with E-state index in [1.165, 1.54) is 4.90 Å². The molecule has 1 aromatic heterocycles. The Labute approximate surface area is 143 Å². The minimum absolute atomic E-state index is 0.000499. The van der Waals surface area contributed by atoms with E-state index in [0.717, 1.165) is 19.4 Å². The first-order valence-corrected chi connectivity index (χ1v) is 8.51. The molecule has 0 saturated carbocycles. The van der Waals surface area contributed by atoms with Crippen molar-refractivity contribution < 1.29 is 9.59 Å². The number of amides is 3. The number of hydrogen-bond donors (Lipinski definition) is 1. The summed E-state index contributed by atoms with van der Waals surface area (Å²) in [6.07, 6.45) is 3.88. The maximum absolute atomic E-state index is 12.5. The summed E-state index contributed by atoms with van der Waals surface area (Å²) in [5, 5.41) is 10.7. The number of likely N-dealkylation sites (tertiary alicyclic amines) is 1. The molecule has 0 unspecified atom stereocenters. The van der Waals surface area contributed by atoms with Crippen LogP contribution in [0.5, 0.6) is 0 Å². The largest absolute Gasteiger partial charge is 0.338 e. The number of nitrogens with one attached hydrogen (secondary N) is 1. The van der Waals surface area contributed by atoms with Gasteiger partial charge in [0.25, 0.3) is 0 Å². The monoisotopic (exact) mass is 336 g/mol. The van der Waals surface area contributed by atoms with E-state index in [-0.39, 0.29) is 17.9 Å². The minimum atomic E-state index is -0.0255. The molecule has 1 atom stereocenters. The number of urea groups is 1. The van der Waals surface area contributed by atoms with Crippen molar-refractivity contribution in [3.63, 3.8) is 0 Å². The third-order valence-corrected chi connectivity index (χ3v) is 4.29. The van der Waals surface area contributed by atoms with Gasteiger partial charge in [-0.3, -0.25) is 9.69 Å². The molecule has 0 aliphatic carbocycles. The Morgan fingerprint density at radius 3 is 2.83 bits per heavy atom. The third kappa shape index (κ3) is 4.69. The molecule has 134 valence electrons. The molecule has 1 aromatic rings. The van der Waals surface area contributed by atoms with Crippen molar-refractivity contribution in [2.24, 2.45) is 18.9 Å². The summed E-state index contributed by atoms with van der Waals surface area (Å²) in [5.74, 6) is 1.14. The second-order valence-corrected chi connectivity index (χ2v) is 6.93. The fraction of sp³-hybridized carbons (Fsp3) is 0.750. The fourth-order valence-electron chi connectivity index (χ4n) is 2.90. The molecule has 1 aliphatic heterocycles. The third-order valence-electron chi connectivity index (χ3n) is 4.29. The van der Waals surface area contributed by atoms with Gasteiger partial charge in [0.2, 0.25) is 11.9 Å². The average molecular weight is 336 g/mol.